The predicted molar refractivity (Wildman–Crippen MR) is 61.4 cm³/mol. The number of fused-ring (bicyclic) bond motifs is 1. The highest BCUT2D eigenvalue weighted by atomic mass is 16.6. The van der Waals surface area contributed by atoms with E-state index in [1.807, 2.05) is 30.3 Å². The van der Waals surface area contributed by atoms with E-state index in [9.17, 15) is 4.79 Å². The summed E-state index contributed by atoms with van der Waals surface area (Å²) in [6.07, 6.45) is -0.825. The standard InChI is InChI=1S/C12H12N2O3/c13-6-10-11(14-12(15)17-10)9-5-7-3-1-2-4-8(7)16-9/h1-5,10-11H,6,13H2,(H,14,15). The number of benzene rings is 1. The Hall–Kier alpha value is -2.01. The number of furan rings is 1. The van der Waals surface area contributed by atoms with Gasteiger partial charge < -0.3 is 20.2 Å². The lowest BCUT2D eigenvalue weighted by atomic mass is 10.1. The number of carbonyl (C=O) groups excluding carboxylic acids is 1. The lowest BCUT2D eigenvalue weighted by Gasteiger charge is -2.11. The Bertz CT molecular complexity index is 531. The molecular formula is C12H12N2O3. The van der Waals surface area contributed by atoms with Gasteiger partial charge in [-0.05, 0) is 12.1 Å². The van der Waals surface area contributed by atoms with Gasteiger partial charge in [-0.25, -0.2) is 4.79 Å². The van der Waals surface area contributed by atoms with E-state index in [2.05, 4.69) is 5.32 Å². The van der Waals surface area contributed by atoms with Crippen LogP contribution in [0.3, 0.4) is 0 Å². The highest BCUT2D eigenvalue weighted by Gasteiger charge is 2.36. The van der Waals surface area contributed by atoms with Crippen molar-refractivity contribution in [3.8, 4) is 0 Å². The van der Waals surface area contributed by atoms with Crippen LogP contribution < -0.4 is 11.1 Å². The monoisotopic (exact) mass is 232 g/mol. The van der Waals surface area contributed by atoms with Crippen LogP contribution in [0.15, 0.2) is 34.7 Å². The molecule has 0 spiro atoms. The summed E-state index contributed by atoms with van der Waals surface area (Å²) in [5, 5.41) is 3.70. The summed E-state index contributed by atoms with van der Waals surface area (Å²) in [6, 6.07) is 9.27. The van der Waals surface area contributed by atoms with E-state index in [1.165, 1.54) is 0 Å². The number of nitrogens with two attached hydrogens (primary N) is 1. The third kappa shape index (κ3) is 1.64. The minimum absolute atomic E-state index is 0.264. The Kier molecular flexibility index (Phi) is 2.26. The molecule has 1 fully saturated rings. The Morgan fingerprint density at radius 1 is 1.35 bits per heavy atom. The van der Waals surface area contributed by atoms with Crippen LogP contribution in [0.25, 0.3) is 11.0 Å². The molecule has 2 atom stereocenters. The number of ether oxygens (including phenoxy) is 1. The second-order valence-corrected chi connectivity index (χ2v) is 3.99. The Balaban J connectivity index is 2.00. The Morgan fingerprint density at radius 2 is 2.18 bits per heavy atom. The van der Waals surface area contributed by atoms with Crippen LogP contribution in [0.1, 0.15) is 11.8 Å². The van der Waals surface area contributed by atoms with Crippen molar-refractivity contribution < 1.29 is 13.9 Å². The number of para-hydroxylation sites is 1. The first-order chi connectivity index (χ1) is 8.28. The van der Waals surface area contributed by atoms with Crippen LogP contribution in [0.2, 0.25) is 0 Å². The second kappa shape index (κ2) is 3.78. The molecular weight excluding hydrogens is 220 g/mol. The van der Waals surface area contributed by atoms with Gasteiger partial charge in [-0.1, -0.05) is 18.2 Å². The van der Waals surface area contributed by atoms with Crippen molar-refractivity contribution in [2.75, 3.05) is 6.54 Å². The third-order valence-corrected chi connectivity index (χ3v) is 2.89. The van der Waals surface area contributed by atoms with Crippen LogP contribution in [0.5, 0.6) is 0 Å². The summed E-state index contributed by atoms with van der Waals surface area (Å²) < 4.78 is 10.7. The number of carbonyl (C=O) groups is 1. The fourth-order valence-corrected chi connectivity index (χ4v) is 2.05. The van der Waals surface area contributed by atoms with Crippen LogP contribution >= 0.6 is 0 Å². The lowest BCUT2D eigenvalue weighted by Crippen LogP contribution is -2.28. The molecule has 1 aromatic carbocycles. The topological polar surface area (TPSA) is 77.5 Å². The predicted octanol–water partition coefficient (Wildman–Crippen LogP) is 1.54. The van der Waals surface area contributed by atoms with E-state index in [0.717, 1.165) is 11.0 Å². The maximum atomic E-state index is 11.2. The summed E-state index contributed by atoms with van der Waals surface area (Å²) >= 11 is 0. The molecule has 3 N–H and O–H groups in total. The summed E-state index contributed by atoms with van der Waals surface area (Å²) in [6.45, 7) is 0.264. The molecule has 1 amide bonds. The van der Waals surface area contributed by atoms with Crippen molar-refractivity contribution in [1.82, 2.24) is 5.32 Å². The van der Waals surface area contributed by atoms with Gasteiger partial charge in [0.15, 0.2) is 0 Å². The summed E-state index contributed by atoms with van der Waals surface area (Å²) in [5.74, 6) is 0.674. The van der Waals surface area contributed by atoms with Gasteiger partial charge in [-0.2, -0.15) is 0 Å². The number of hydrogen-bond acceptors (Lipinski definition) is 4. The first-order valence-electron chi connectivity index (χ1n) is 5.43. The zero-order valence-electron chi connectivity index (χ0n) is 9.05. The van der Waals surface area contributed by atoms with E-state index in [4.69, 9.17) is 14.9 Å². The van der Waals surface area contributed by atoms with E-state index in [0.29, 0.717) is 5.76 Å². The maximum Gasteiger partial charge on any atom is 0.408 e. The smallest absolute Gasteiger partial charge is 0.408 e. The van der Waals surface area contributed by atoms with Gasteiger partial charge >= 0.3 is 6.09 Å². The molecule has 1 saturated heterocycles. The number of alkyl carbamates (subject to hydrolysis) is 1. The Labute approximate surface area is 97.5 Å². The van der Waals surface area contributed by atoms with Gasteiger partial charge in [-0.15, -0.1) is 0 Å². The molecule has 1 aliphatic rings. The SMILES string of the molecule is NCC1OC(=O)NC1c1cc2ccccc2o1. The fraction of sp³-hybridized carbons (Fsp3) is 0.250. The molecule has 2 unspecified atom stereocenters. The largest absolute Gasteiger partial charge is 0.459 e. The highest BCUT2D eigenvalue weighted by molar-refractivity contribution is 5.78. The molecule has 0 aliphatic carbocycles. The summed E-state index contributed by atoms with van der Waals surface area (Å²) in [4.78, 5) is 11.2. The molecule has 0 saturated carbocycles. The third-order valence-electron chi connectivity index (χ3n) is 2.89. The van der Waals surface area contributed by atoms with Crippen molar-refractivity contribution >= 4 is 17.1 Å². The normalized spacial score (nSPS) is 23.7. The molecule has 17 heavy (non-hydrogen) atoms. The highest BCUT2D eigenvalue weighted by Crippen LogP contribution is 2.29. The van der Waals surface area contributed by atoms with Gasteiger partial charge in [0.25, 0.3) is 0 Å². The van der Waals surface area contributed by atoms with E-state index in [-0.39, 0.29) is 18.7 Å². The molecule has 5 heteroatoms. The number of rotatable bonds is 2. The fourth-order valence-electron chi connectivity index (χ4n) is 2.05. The minimum atomic E-state index is -0.453. The van der Waals surface area contributed by atoms with Crippen LogP contribution in [-0.2, 0) is 4.74 Å². The van der Waals surface area contributed by atoms with Gasteiger partial charge in [-0.3, -0.25) is 0 Å². The lowest BCUT2D eigenvalue weighted by molar-refractivity contribution is 0.133. The Morgan fingerprint density at radius 3 is 2.94 bits per heavy atom. The van der Waals surface area contributed by atoms with Gasteiger partial charge in [0, 0.05) is 11.9 Å². The van der Waals surface area contributed by atoms with Crippen LogP contribution in [0.4, 0.5) is 4.79 Å². The molecule has 5 nitrogen and oxygen atoms in total. The quantitative estimate of drug-likeness (QED) is 0.823. The first kappa shape index (κ1) is 10.2. The molecule has 0 radical (unpaired) electrons. The van der Waals surface area contributed by atoms with Gasteiger partial charge in [0.2, 0.25) is 0 Å². The van der Waals surface area contributed by atoms with Gasteiger partial charge in [0.1, 0.15) is 23.5 Å². The van der Waals surface area contributed by atoms with Crippen molar-refractivity contribution in [2.45, 2.75) is 12.1 Å². The second-order valence-electron chi connectivity index (χ2n) is 3.99. The minimum Gasteiger partial charge on any atom is -0.459 e. The molecule has 1 aromatic heterocycles. The van der Waals surface area contributed by atoms with E-state index >= 15 is 0 Å². The van der Waals surface area contributed by atoms with Crippen molar-refractivity contribution in [3.05, 3.63) is 36.1 Å². The van der Waals surface area contributed by atoms with Gasteiger partial charge in [0.05, 0.1) is 0 Å². The molecule has 3 rings (SSSR count). The van der Waals surface area contributed by atoms with Crippen LogP contribution in [0, 0.1) is 0 Å². The molecule has 2 heterocycles. The average Bonchev–Trinajstić information content (AvgIpc) is 2.91. The number of cyclic esters (lactones) is 1. The maximum absolute atomic E-state index is 11.2. The number of nitrogens with one attached hydrogen (secondary N) is 1. The zero-order valence-corrected chi connectivity index (χ0v) is 9.05. The number of amides is 1. The number of hydrogen-bond donors (Lipinski definition) is 2. The van der Waals surface area contributed by atoms with E-state index < -0.39 is 6.09 Å². The van der Waals surface area contributed by atoms with Crippen molar-refractivity contribution in [2.24, 2.45) is 5.73 Å². The molecule has 2 aromatic rings. The summed E-state index contributed by atoms with van der Waals surface area (Å²) in [7, 11) is 0. The van der Waals surface area contributed by atoms with Crippen molar-refractivity contribution in [3.63, 3.8) is 0 Å². The van der Waals surface area contributed by atoms with E-state index in [1.54, 1.807) is 0 Å². The van der Waals surface area contributed by atoms with Crippen molar-refractivity contribution in [1.29, 1.82) is 0 Å². The van der Waals surface area contributed by atoms with Crippen LogP contribution in [-0.4, -0.2) is 18.7 Å². The molecule has 0 bridgehead atoms. The average molecular weight is 232 g/mol. The molecule has 88 valence electrons. The molecule has 1 aliphatic heterocycles. The first-order valence-corrected chi connectivity index (χ1v) is 5.43. The zero-order chi connectivity index (χ0) is 11.8. The summed E-state index contributed by atoms with van der Waals surface area (Å²) in [5.41, 5.74) is 6.35.